The number of nitrogens with one attached hydrogen (secondary N) is 2. The van der Waals surface area contributed by atoms with Crippen LogP contribution in [-0.2, 0) is 14.3 Å². The van der Waals surface area contributed by atoms with E-state index in [4.69, 9.17) is 16.3 Å². The van der Waals surface area contributed by atoms with Crippen LogP contribution in [0.15, 0.2) is 52.5 Å². The largest absolute Gasteiger partial charge is 0.462 e. The summed E-state index contributed by atoms with van der Waals surface area (Å²) >= 11 is 7.56. The number of esters is 1. The van der Waals surface area contributed by atoms with E-state index in [1.807, 2.05) is 32.0 Å². The number of nitrogens with zero attached hydrogens (tertiary/aromatic N) is 4. The highest BCUT2D eigenvalue weighted by Gasteiger charge is 2.26. The minimum Gasteiger partial charge on any atom is -0.462 e. The molecular weight excluding hydrogens is 588 g/mol. The minimum absolute atomic E-state index is 0.120. The van der Waals surface area contributed by atoms with E-state index in [0.717, 1.165) is 48.3 Å². The van der Waals surface area contributed by atoms with E-state index in [1.54, 1.807) is 37.4 Å². The summed E-state index contributed by atoms with van der Waals surface area (Å²) in [6.07, 6.45) is 3.37. The lowest BCUT2D eigenvalue weighted by atomic mass is 10.0. The first-order chi connectivity index (χ1) is 20.6. The average molecular weight is 621 g/mol. The first-order valence-electron chi connectivity index (χ1n) is 14.1. The van der Waals surface area contributed by atoms with Crippen LogP contribution in [0.4, 0.5) is 17.1 Å². The Morgan fingerprint density at radius 1 is 1.19 bits per heavy atom. The van der Waals surface area contributed by atoms with Gasteiger partial charge >= 0.3 is 5.97 Å². The number of aliphatic imine (C=N–C) groups is 1. The van der Waals surface area contributed by atoms with Gasteiger partial charge in [-0.2, -0.15) is 0 Å². The van der Waals surface area contributed by atoms with E-state index in [1.165, 1.54) is 11.8 Å². The van der Waals surface area contributed by atoms with Gasteiger partial charge in [0.2, 0.25) is 5.91 Å². The highest BCUT2D eigenvalue weighted by atomic mass is 35.5. The number of carbonyl (C=O) groups is 3. The number of anilines is 2. The van der Waals surface area contributed by atoms with Crippen molar-refractivity contribution >= 4 is 80.4 Å². The third-order valence-corrected chi connectivity index (χ3v) is 8.32. The third-order valence-electron chi connectivity index (χ3n) is 7.09. The second-order valence-corrected chi connectivity index (χ2v) is 12.0. The van der Waals surface area contributed by atoms with Gasteiger partial charge in [0, 0.05) is 49.4 Å². The van der Waals surface area contributed by atoms with Crippen LogP contribution in [0, 0.1) is 5.92 Å². The molecule has 0 radical (unpaired) electrons. The van der Waals surface area contributed by atoms with Crippen molar-refractivity contribution in [2.75, 3.05) is 50.1 Å². The number of aromatic nitrogens is 1. The van der Waals surface area contributed by atoms with Crippen molar-refractivity contribution in [1.82, 2.24) is 15.2 Å². The SMILES string of the molecule is CCOC(=O)c1cnc2ccc(/C=C3\SC(=Nc4cc(NC(=O)C(C)C)ccc4Cl)NC3=O)cc2c1N1CCN(C)CC1. The Balaban J connectivity index is 1.46. The molecule has 0 bridgehead atoms. The van der Waals surface area contributed by atoms with Crippen molar-refractivity contribution < 1.29 is 19.1 Å². The van der Waals surface area contributed by atoms with Crippen LogP contribution >= 0.6 is 23.4 Å². The molecule has 2 aliphatic heterocycles. The number of halogens is 1. The molecule has 3 heterocycles. The van der Waals surface area contributed by atoms with Crippen molar-refractivity contribution in [3.8, 4) is 0 Å². The lowest BCUT2D eigenvalue weighted by Gasteiger charge is -2.35. The number of ether oxygens (including phenoxy) is 1. The first-order valence-corrected chi connectivity index (χ1v) is 15.3. The second kappa shape index (κ2) is 13.2. The smallest absolute Gasteiger partial charge is 0.341 e. The Morgan fingerprint density at radius 2 is 1.95 bits per heavy atom. The number of hydrogen-bond donors (Lipinski definition) is 2. The van der Waals surface area contributed by atoms with Crippen molar-refractivity contribution in [3.63, 3.8) is 0 Å². The molecule has 2 fully saturated rings. The number of fused-ring (bicyclic) bond motifs is 1. The number of thioether (sulfide) groups is 1. The highest BCUT2D eigenvalue weighted by Crippen LogP contribution is 2.35. The molecule has 12 heteroatoms. The summed E-state index contributed by atoms with van der Waals surface area (Å²) in [7, 11) is 2.08. The predicted molar refractivity (Wildman–Crippen MR) is 173 cm³/mol. The Bertz CT molecular complexity index is 1650. The maximum absolute atomic E-state index is 12.9. The van der Waals surface area contributed by atoms with Gasteiger partial charge < -0.3 is 25.2 Å². The molecule has 5 rings (SSSR count). The van der Waals surface area contributed by atoms with Gasteiger partial charge in [-0.1, -0.05) is 31.5 Å². The van der Waals surface area contributed by atoms with Crippen molar-refractivity contribution in [2.24, 2.45) is 10.9 Å². The van der Waals surface area contributed by atoms with Crippen LogP contribution in [0.5, 0.6) is 0 Å². The van der Waals surface area contributed by atoms with Gasteiger partial charge in [0.1, 0.15) is 5.56 Å². The average Bonchev–Trinajstić information content (AvgIpc) is 3.32. The van der Waals surface area contributed by atoms with Crippen LogP contribution < -0.4 is 15.5 Å². The maximum atomic E-state index is 12.9. The molecule has 0 saturated carbocycles. The zero-order chi connectivity index (χ0) is 30.7. The molecule has 0 atom stereocenters. The number of likely N-dealkylation sites (N-methyl/N-ethyl adjacent to an activating group) is 1. The molecular formula is C31H33ClN6O4S. The number of benzene rings is 2. The quantitative estimate of drug-likeness (QED) is 0.270. The number of pyridine rings is 1. The van der Waals surface area contributed by atoms with Gasteiger partial charge in [0.25, 0.3) is 5.91 Å². The van der Waals surface area contributed by atoms with Gasteiger partial charge in [-0.3, -0.25) is 14.6 Å². The van der Waals surface area contributed by atoms with E-state index in [9.17, 15) is 14.4 Å². The highest BCUT2D eigenvalue weighted by molar-refractivity contribution is 8.18. The first kappa shape index (κ1) is 30.5. The lowest BCUT2D eigenvalue weighted by Crippen LogP contribution is -2.45. The summed E-state index contributed by atoms with van der Waals surface area (Å²) in [5, 5.41) is 7.20. The van der Waals surface area contributed by atoms with Gasteiger partial charge in [-0.15, -0.1) is 0 Å². The topological polar surface area (TPSA) is 116 Å². The van der Waals surface area contributed by atoms with Crippen molar-refractivity contribution in [2.45, 2.75) is 20.8 Å². The summed E-state index contributed by atoms with van der Waals surface area (Å²) in [4.78, 5) is 52.0. The Morgan fingerprint density at radius 3 is 2.67 bits per heavy atom. The summed E-state index contributed by atoms with van der Waals surface area (Å²) < 4.78 is 5.36. The molecule has 2 saturated heterocycles. The van der Waals surface area contributed by atoms with Crippen LogP contribution in [0.25, 0.3) is 17.0 Å². The molecule has 3 aromatic rings. The molecule has 2 N–H and O–H groups in total. The number of hydrogen-bond acceptors (Lipinski definition) is 9. The van der Waals surface area contributed by atoms with E-state index >= 15 is 0 Å². The number of amidine groups is 1. The molecule has 10 nitrogen and oxygen atoms in total. The predicted octanol–water partition coefficient (Wildman–Crippen LogP) is 5.30. The molecule has 0 aliphatic carbocycles. The Labute approximate surface area is 259 Å². The van der Waals surface area contributed by atoms with Crippen molar-refractivity contribution in [1.29, 1.82) is 0 Å². The maximum Gasteiger partial charge on any atom is 0.341 e. The monoisotopic (exact) mass is 620 g/mol. The summed E-state index contributed by atoms with van der Waals surface area (Å²) in [5.74, 6) is -0.997. The molecule has 43 heavy (non-hydrogen) atoms. The Kier molecular flexibility index (Phi) is 9.34. The molecule has 2 aromatic carbocycles. The van der Waals surface area contributed by atoms with Gasteiger partial charge in [0.05, 0.1) is 33.4 Å². The summed E-state index contributed by atoms with van der Waals surface area (Å²) in [5.41, 5.74) is 3.73. The van der Waals surface area contributed by atoms with Gasteiger partial charge in [-0.25, -0.2) is 9.79 Å². The van der Waals surface area contributed by atoms with Crippen LogP contribution in [0.1, 0.15) is 36.7 Å². The lowest BCUT2D eigenvalue weighted by molar-refractivity contribution is -0.119. The van der Waals surface area contributed by atoms with E-state index in [0.29, 0.717) is 32.0 Å². The summed E-state index contributed by atoms with van der Waals surface area (Å²) in [6, 6.07) is 10.8. The fourth-order valence-electron chi connectivity index (χ4n) is 4.72. The third kappa shape index (κ3) is 7.01. The fourth-order valence-corrected chi connectivity index (χ4v) is 5.71. The molecule has 0 spiro atoms. The Hall–Kier alpha value is -3.93. The molecule has 2 aliphatic rings. The normalized spacial score (nSPS) is 17.6. The van der Waals surface area contributed by atoms with Crippen molar-refractivity contribution in [3.05, 3.63) is 63.6 Å². The molecule has 0 unspecified atom stereocenters. The van der Waals surface area contributed by atoms with E-state index in [-0.39, 0.29) is 24.3 Å². The van der Waals surface area contributed by atoms with Gasteiger partial charge in [0.15, 0.2) is 5.17 Å². The minimum atomic E-state index is -0.410. The molecule has 1 aromatic heterocycles. The number of carbonyl (C=O) groups excluding carboxylic acids is 3. The molecule has 2 amide bonds. The van der Waals surface area contributed by atoms with Crippen LogP contribution in [0.2, 0.25) is 5.02 Å². The van der Waals surface area contributed by atoms with E-state index in [2.05, 4.69) is 37.5 Å². The van der Waals surface area contributed by atoms with Crippen LogP contribution in [-0.4, -0.2) is 72.7 Å². The zero-order valence-electron chi connectivity index (χ0n) is 24.4. The zero-order valence-corrected chi connectivity index (χ0v) is 26.0. The number of rotatable bonds is 7. The fraction of sp³-hybridized carbons (Fsp3) is 0.323. The summed E-state index contributed by atoms with van der Waals surface area (Å²) in [6.45, 7) is 8.92. The van der Waals surface area contributed by atoms with Gasteiger partial charge in [-0.05, 0) is 67.7 Å². The molecule has 224 valence electrons. The number of amides is 2. The standard InChI is InChI=1S/C31H33ClN6O4S/c1-5-42-30(41)22-17-33-24-9-6-19(14-21(24)27(22)38-12-10-37(4)11-13-38)15-26-29(40)36-31(43-26)35-25-16-20(7-8-23(25)32)34-28(39)18(2)3/h6-9,14-18H,5,10-13H2,1-4H3,(H,34,39)(H,35,36,40)/b26-15-. The van der Waals surface area contributed by atoms with Crippen LogP contribution in [0.3, 0.4) is 0 Å². The second-order valence-electron chi connectivity index (χ2n) is 10.6. The number of piperazine rings is 1. The van der Waals surface area contributed by atoms with E-state index < -0.39 is 5.97 Å².